The highest BCUT2D eigenvalue weighted by molar-refractivity contribution is 5.79. The normalized spacial score (nSPS) is 16.8. The van der Waals surface area contributed by atoms with Gasteiger partial charge in [-0.25, -0.2) is 0 Å². The van der Waals surface area contributed by atoms with Crippen LogP contribution in [0.1, 0.15) is 64.6 Å². The standard InChI is InChI=1S/C20H29F3N6O/c1-3-4-5-6-7-14(2)24-18(30)15-10-12-28(13-11-15)17-9-8-16-25-26-19(20(21,22)23)29(16)27-17/h8-9,14-15H,3-7,10-13H2,1-2H3,(H,24,30). The maximum atomic E-state index is 13.1. The van der Waals surface area contributed by atoms with Crippen molar-refractivity contribution in [3.05, 3.63) is 18.0 Å². The fraction of sp³-hybridized carbons (Fsp3) is 0.700. The second-order valence-corrected chi connectivity index (χ2v) is 8.00. The smallest absolute Gasteiger partial charge is 0.355 e. The molecule has 1 unspecified atom stereocenters. The molecule has 0 spiro atoms. The summed E-state index contributed by atoms with van der Waals surface area (Å²) in [6, 6.07) is 3.28. The fourth-order valence-corrected chi connectivity index (χ4v) is 3.81. The lowest BCUT2D eigenvalue weighted by Gasteiger charge is -2.32. The van der Waals surface area contributed by atoms with Gasteiger partial charge in [-0.3, -0.25) is 4.79 Å². The third kappa shape index (κ3) is 5.40. The van der Waals surface area contributed by atoms with Gasteiger partial charge in [-0.2, -0.15) is 17.7 Å². The van der Waals surface area contributed by atoms with Crippen LogP contribution in [0, 0.1) is 5.92 Å². The number of alkyl halides is 3. The summed E-state index contributed by atoms with van der Waals surface area (Å²) in [5.74, 6) is -0.722. The monoisotopic (exact) mass is 426 g/mol. The highest BCUT2D eigenvalue weighted by Gasteiger charge is 2.38. The molecule has 1 atom stereocenters. The first kappa shape index (κ1) is 22.3. The average Bonchev–Trinajstić information content (AvgIpc) is 3.15. The Labute approximate surface area is 174 Å². The third-order valence-electron chi connectivity index (χ3n) is 5.57. The van der Waals surface area contributed by atoms with E-state index in [2.05, 4.69) is 27.5 Å². The molecule has 1 fully saturated rings. The van der Waals surface area contributed by atoms with Crippen molar-refractivity contribution in [2.75, 3.05) is 18.0 Å². The number of piperidine rings is 1. The van der Waals surface area contributed by atoms with Gasteiger partial charge in [-0.15, -0.1) is 15.3 Å². The number of hydrogen-bond donors (Lipinski definition) is 1. The van der Waals surface area contributed by atoms with Crippen LogP contribution in [0.3, 0.4) is 0 Å². The quantitative estimate of drug-likeness (QED) is 0.650. The number of hydrogen-bond acceptors (Lipinski definition) is 5. The summed E-state index contributed by atoms with van der Waals surface area (Å²) < 4.78 is 39.9. The van der Waals surface area contributed by atoms with Crippen LogP contribution in [0.5, 0.6) is 0 Å². The number of nitrogens with zero attached hydrogens (tertiary/aromatic N) is 5. The first-order chi connectivity index (χ1) is 14.3. The number of fused-ring (bicyclic) bond motifs is 1. The Hall–Kier alpha value is -2.39. The molecular weight excluding hydrogens is 397 g/mol. The largest absolute Gasteiger partial charge is 0.453 e. The van der Waals surface area contributed by atoms with Crippen LogP contribution in [0.4, 0.5) is 19.0 Å². The van der Waals surface area contributed by atoms with Crippen molar-refractivity contribution in [3.63, 3.8) is 0 Å². The molecular formula is C20H29F3N6O. The van der Waals surface area contributed by atoms with Gasteiger partial charge in [0, 0.05) is 25.0 Å². The van der Waals surface area contributed by atoms with Gasteiger partial charge in [0.1, 0.15) is 5.82 Å². The van der Waals surface area contributed by atoms with Crippen LogP contribution in [0.15, 0.2) is 12.1 Å². The van der Waals surface area contributed by atoms with Gasteiger partial charge in [0.25, 0.3) is 5.82 Å². The number of aromatic nitrogens is 4. The summed E-state index contributed by atoms with van der Waals surface area (Å²) in [5.41, 5.74) is 0.0493. The lowest BCUT2D eigenvalue weighted by Crippen LogP contribution is -2.43. The van der Waals surface area contributed by atoms with Crippen molar-refractivity contribution in [2.24, 2.45) is 5.92 Å². The highest BCUT2D eigenvalue weighted by Crippen LogP contribution is 2.28. The van der Waals surface area contributed by atoms with E-state index in [-0.39, 0.29) is 23.5 Å². The second-order valence-electron chi connectivity index (χ2n) is 8.00. The number of amides is 1. The van der Waals surface area contributed by atoms with Crippen molar-refractivity contribution >= 4 is 17.4 Å². The van der Waals surface area contributed by atoms with Crippen molar-refractivity contribution in [1.29, 1.82) is 0 Å². The Bertz CT molecular complexity index is 845. The molecule has 0 saturated carbocycles. The zero-order valence-electron chi connectivity index (χ0n) is 17.5. The molecule has 1 saturated heterocycles. The number of rotatable bonds is 8. The predicted octanol–water partition coefficient (Wildman–Crippen LogP) is 3.83. The van der Waals surface area contributed by atoms with Gasteiger partial charge in [0.05, 0.1) is 0 Å². The van der Waals surface area contributed by atoms with Crippen LogP contribution < -0.4 is 10.2 Å². The molecule has 10 heteroatoms. The molecule has 166 valence electrons. The number of unbranched alkanes of at least 4 members (excludes halogenated alkanes) is 3. The SMILES string of the molecule is CCCCCCC(C)NC(=O)C1CCN(c2ccc3nnc(C(F)(F)F)n3n2)CC1. The molecule has 1 aliphatic rings. The van der Waals surface area contributed by atoms with Crippen molar-refractivity contribution in [2.45, 2.75) is 71.0 Å². The zero-order valence-corrected chi connectivity index (χ0v) is 17.5. The lowest BCUT2D eigenvalue weighted by atomic mass is 9.95. The Kier molecular flexibility index (Phi) is 7.14. The van der Waals surface area contributed by atoms with Crippen LogP contribution in [-0.4, -0.2) is 44.8 Å². The molecule has 1 amide bonds. The highest BCUT2D eigenvalue weighted by atomic mass is 19.4. The molecule has 3 rings (SSSR count). The maximum Gasteiger partial charge on any atom is 0.453 e. The minimum Gasteiger partial charge on any atom is -0.355 e. The fourth-order valence-electron chi connectivity index (χ4n) is 3.81. The predicted molar refractivity (Wildman–Crippen MR) is 107 cm³/mol. The molecule has 30 heavy (non-hydrogen) atoms. The van der Waals surface area contributed by atoms with E-state index in [4.69, 9.17) is 0 Å². The number of anilines is 1. The summed E-state index contributed by atoms with van der Waals surface area (Å²) in [7, 11) is 0. The van der Waals surface area contributed by atoms with Crippen LogP contribution >= 0.6 is 0 Å². The maximum absolute atomic E-state index is 13.1. The van der Waals surface area contributed by atoms with E-state index >= 15 is 0 Å². The summed E-state index contributed by atoms with van der Waals surface area (Å²) >= 11 is 0. The first-order valence-corrected chi connectivity index (χ1v) is 10.6. The van der Waals surface area contributed by atoms with Crippen molar-refractivity contribution in [1.82, 2.24) is 25.1 Å². The van der Waals surface area contributed by atoms with E-state index in [0.717, 1.165) is 17.4 Å². The molecule has 0 aliphatic carbocycles. The Morgan fingerprint density at radius 3 is 2.60 bits per heavy atom. The second kappa shape index (κ2) is 9.61. The Morgan fingerprint density at radius 2 is 1.93 bits per heavy atom. The summed E-state index contributed by atoms with van der Waals surface area (Å²) in [5, 5.41) is 13.9. The number of halogens is 3. The van der Waals surface area contributed by atoms with Crippen molar-refractivity contribution < 1.29 is 18.0 Å². The van der Waals surface area contributed by atoms with Gasteiger partial charge in [-0.05, 0) is 38.3 Å². The Morgan fingerprint density at radius 1 is 1.20 bits per heavy atom. The zero-order chi connectivity index (χ0) is 21.7. The van der Waals surface area contributed by atoms with Gasteiger partial charge < -0.3 is 10.2 Å². The molecule has 2 aromatic heterocycles. The van der Waals surface area contributed by atoms with Crippen LogP contribution in [0.2, 0.25) is 0 Å². The van der Waals surface area contributed by atoms with E-state index in [9.17, 15) is 18.0 Å². The minimum atomic E-state index is -4.62. The van der Waals surface area contributed by atoms with E-state index in [1.165, 1.54) is 25.3 Å². The molecule has 0 bridgehead atoms. The molecule has 7 nitrogen and oxygen atoms in total. The van der Waals surface area contributed by atoms with Gasteiger partial charge in [-0.1, -0.05) is 32.6 Å². The van der Waals surface area contributed by atoms with Crippen molar-refractivity contribution in [3.8, 4) is 0 Å². The van der Waals surface area contributed by atoms with Crippen LogP contribution in [0.25, 0.3) is 5.65 Å². The first-order valence-electron chi connectivity index (χ1n) is 10.6. The number of carbonyl (C=O) groups is 1. The Balaban J connectivity index is 1.54. The number of carbonyl (C=O) groups excluding carboxylic acids is 1. The van der Waals surface area contributed by atoms with Gasteiger partial charge in [0.15, 0.2) is 5.65 Å². The molecule has 1 N–H and O–H groups in total. The topological polar surface area (TPSA) is 75.4 Å². The summed E-state index contributed by atoms with van der Waals surface area (Å²) in [6.45, 7) is 5.33. The molecule has 0 aromatic carbocycles. The van der Waals surface area contributed by atoms with E-state index in [1.54, 1.807) is 6.07 Å². The minimum absolute atomic E-state index is 0.0493. The summed E-state index contributed by atoms with van der Waals surface area (Å²) in [4.78, 5) is 14.4. The van der Waals surface area contributed by atoms with Crippen LogP contribution in [-0.2, 0) is 11.0 Å². The number of nitrogens with one attached hydrogen (secondary N) is 1. The van der Waals surface area contributed by atoms with E-state index < -0.39 is 12.0 Å². The third-order valence-corrected chi connectivity index (χ3v) is 5.57. The lowest BCUT2D eigenvalue weighted by molar-refractivity contribution is -0.146. The average molecular weight is 426 g/mol. The molecule has 3 heterocycles. The van der Waals surface area contributed by atoms with Gasteiger partial charge in [0.2, 0.25) is 5.91 Å². The summed E-state index contributed by atoms with van der Waals surface area (Å²) in [6.07, 6.45) is 2.36. The molecule has 0 radical (unpaired) electrons. The van der Waals surface area contributed by atoms with E-state index in [0.29, 0.717) is 31.7 Å². The van der Waals surface area contributed by atoms with E-state index in [1.807, 2.05) is 11.8 Å². The van der Waals surface area contributed by atoms with Gasteiger partial charge >= 0.3 is 6.18 Å². The molecule has 2 aromatic rings. The molecule has 1 aliphatic heterocycles.